The first-order valence-electron chi connectivity index (χ1n) is 6.09. The number of hydrogen-bond donors (Lipinski definition) is 2. The molecule has 19 heavy (non-hydrogen) atoms. The molecule has 2 aromatic rings. The number of aromatic nitrogens is 1. The fraction of sp³-hybridized carbons (Fsp3) is 0.200. The standard InChI is InChI=1S/C15H15N3O/c16-10-13-6-7-17-15(9-13)18-14(11-19)8-12-4-2-1-3-5-12/h1-7,9,14,19H,8,11H2,(H,17,18). The van der Waals surface area contributed by atoms with E-state index in [1.807, 2.05) is 30.3 Å². The van der Waals surface area contributed by atoms with Gasteiger partial charge in [0.05, 0.1) is 24.3 Å². The summed E-state index contributed by atoms with van der Waals surface area (Å²) in [6.45, 7) is 0.00730. The molecule has 4 nitrogen and oxygen atoms in total. The average molecular weight is 253 g/mol. The zero-order chi connectivity index (χ0) is 13.5. The van der Waals surface area contributed by atoms with E-state index in [0.717, 1.165) is 5.56 Å². The van der Waals surface area contributed by atoms with Crippen LogP contribution in [0.1, 0.15) is 11.1 Å². The third-order valence-corrected chi connectivity index (χ3v) is 2.79. The Morgan fingerprint density at radius 2 is 2.05 bits per heavy atom. The van der Waals surface area contributed by atoms with E-state index < -0.39 is 0 Å². The number of nitrogens with zero attached hydrogens (tertiary/aromatic N) is 2. The van der Waals surface area contributed by atoms with E-state index in [1.165, 1.54) is 0 Å². The highest BCUT2D eigenvalue weighted by Crippen LogP contribution is 2.10. The molecule has 0 radical (unpaired) electrons. The van der Waals surface area contributed by atoms with Crippen LogP contribution in [-0.4, -0.2) is 22.7 Å². The normalized spacial score (nSPS) is 11.6. The molecule has 1 atom stereocenters. The number of benzene rings is 1. The van der Waals surface area contributed by atoms with E-state index in [2.05, 4.69) is 16.4 Å². The summed E-state index contributed by atoms with van der Waals surface area (Å²) in [4.78, 5) is 4.14. The molecule has 0 saturated heterocycles. The molecule has 0 aliphatic carbocycles. The second-order valence-electron chi connectivity index (χ2n) is 4.26. The molecule has 1 unspecified atom stereocenters. The molecule has 0 spiro atoms. The Morgan fingerprint density at radius 3 is 2.74 bits per heavy atom. The Morgan fingerprint density at radius 1 is 1.26 bits per heavy atom. The van der Waals surface area contributed by atoms with Gasteiger partial charge >= 0.3 is 0 Å². The van der Waals surface area contributed by atoms with Gasteiger partial charge in [0.2, 0.25) is 0 Å². The van der Waals surface area contributed by atoms with Crippen LogP contribution < -0.4 is 5.32 Å². The monoisotopic (exact) mass is 253 g/mol. The summed E-state index contributed by atoms with van der Waals surface area (Å²) in [6, 6.07) is 15.2. The summed E-state index contributed by atoms with van der Waals surface area (Å²) < 4.78 is 0. The predicted molar refractivity (Wildman–Crippen MR) is 73.6 cm³/mol. The number of nitrogens with one attached hydrogen (secondary N) is 1. The fourth-order valence-electron chi connectivity index (χ4n) is 1.85. The number of pyridine rings is 1. The Balaban J connectivity index is 2.05. The molecule has 0 aliphatic heterocycles. The van der Waals surface area contributed by atoms with Gasteiger partial charge in [0.15, 0.2) is 0 Å². The van der Waals surface area contributed by atoms with Crippen LogP contribution in [0, 0.1) is 11.3 Å². The highest BCUT2D eigenvalue weighted by atomic mass is 16.3. The lowest BCUT2D eigenvalue weighted by atomic mass is 10.1. The largest absolute Gasteiger partial charge is 0.394 e. The van der Waals surface area contributed by atoms with Crippen molar-refractivity contribution in [1.82, 2.24) is 4.98 Å². The number of nitriles is 1. The number of aliphatic hydroxyl groups is 1. The van der Waals surface area contributed by atoms with Gasteiger partial charge in [-0.3, -0.25) is 0 Å². The minimum absolute atomic E-state index is 0.00730. The highest BCUT2D eigenvalue weighted by molar-refractivity contribution is 5.43. The summed E-state index contributed by atoms with van der Waals surface area (Å²) in [6.07, 6.45) is 2.29. The number of anilines is 1. The van der Waals surface area contributed by atoms with Crippen molar-refractivity contribution in [2.45, 2.75) is 12.5 Å². The zero-order valence-corrected chi connectivity index (χ0v) is 10.5. The Bertz CT molecular complexity index is 563. The van der Waals surface area contributed by atoms with E-state index in [1.54, 1.807) is 18.3 Å². The maximum Gasteiger partial charge on any atom is 0.127 e. The van der Waals surface area contributed by atoms with Gasteiger partial charge in [0, 0.05) is 6.20 Å². The number of rotatable bonds is 5. The molecule has 96 valence electrons. The van der Waals surface area contributed by atoms with Crippen LogP contribution in [0.15, 0.2) is 48.7 Å². The fourth-order valence-corrected chi connectivity index (χ4v) is 1.85. The van der Waals surface area contributed by atoms with Gasteiger partial charge in [0.25, 0.3) is 0 Å². The van der Waals surface area contributed by atoms with Gasteiger partial charge in [-0.2, -0.15) is 5.26 Å². The maximum absolute atomic E-state index is 9.42. The number of aliphatic hydroxyl groups excluding tert-OH is 1. The summed E-state index contributed by atoms with van der Waals surface area (Å²) in [7, 11) is 0. The molecule has 0 bridgehead atoms. The van der Waals surface area contributed by atoms with Crippen molar-refractivity contribution in [1.29, 1.82) is 5.26 Å². The molecule has 0 fully saturated rings. The molecule has 1 aromatic heterocycles. The SMILES string of the molecule is N#Cc1ccnc(NC(CO)Cc2ccccc2)c1. The van der Waals surface area contributed by atoms with Crippen LogP contribution in [-0.2, 0) is 6.42 Å². The molecule has 2 N–H and O–H groups in total. The van der Waals surface area contributed by atoms with E-state index in [4.69, 9.17) is 5.26 Å². The maximum atomic E-state index is 9.42. The van der Waals surface area contributed by atoms with Crippen LogP contribution in [0.3, 0.4) is 0 Å². The summed E-state index contributed by atoms with van der Waals surface area (Å²) in [5.41, 5.74) is 1.69. The van der Waals surface area contributed by atoms with Crippen molar-refractivity contribution in [3.8, 4) is 6.07 Å². The molecule has 1 aromatic carbocycles. The summed E-state index contributed by atoms with van der Waals surface area (Å²) in [5, 5.41) is 21.4. The van der Waals surface area contributed by atoms with Crippen molar-refractivity contribution in [2.75, 3.05) is 11.9 Å². The van der Waals surface area contributed by atoms with Crippen molar-refractivity contribution in [3.63, 3.8) is 0 Å². The van der Waals surface area contributed by atoms with Gasteiger partial charge in [-0.15, -0.1) is 0 Å². The summed E-state index contributed by atoms with van der Waals surface area (Å²) >= 11 is 0. The molecule has 0 aliphatic rings. The second-order valence-corrected chi connectivity index (χ2v) is 4.26. The molecular formula is C15H15N3O. The first-order chi connectivity index (χ1) is 9.31. The Labute approximate surface area is 112 Å². The third kappa shape index (κ3) is 3.80. The van der Waals surface area contributed by atoms with Crippen molar-refractivity contribution >= 4 is 5.82 Å². The first kappa shape index (κ1) is 13.1. The van der Waals surface area contributed by atoms with Gasteiger partial charge < -0.3 is 10.4 Å². The lowest BCUT2D eigenvalue weighted by Gasteiger charge is -2.17. The van der Waals surface area contributed by atoms with E-state index in [-0.39, 0.29) is 12.6 Å². The average Bonchev–Trinajstić information content (AvgIpc) is 2.48. The molecule has 0 saturated carbocycles. The Hall–Kier alpha value is -2.38. The van der Waals surface area contributed by atoms with Crippen molar-refractivity contribution < 1.29 is 5.11 Å². The molecule has 4 heteroatoms. The molecule has 0 amide bonds. The lowest BCUT2D eigenvalue weighted by Crippen LogP contribution is -2.26. The molecular weight excluding hydrogens is 238 g/mol. The minimum atomic E-state index is -0.121. The molecule has 1 heterocycles. The van der Waals surface area contributed by atoms with Gasteiger partial charge in [0.1, 0.15) is 5.82 Å². The van der Waals surface area contributed by atoms with Crippen LogP contribution in [0.4, 0.5) is 5.82 Å². The second kappa shape index (κ2) is 6.53. The Kier molecular flexibility index (Phi) is 4.49. The smallest absolute Gasteiger partial charge is 0.127 e. The van der Waals surface area contributed by atoms with Gasteiger partial charge in [-0.1, -0.05) is 30.3 Å². The highest BCUT2D eigenvalue weighted by Gasteiger charge is 2.09. The predicted octanol–water partition coefficient (Wildman–Crippen LogP) is 1.97. The van der Waals surface area contributed by atoms with Gasteiger partial charge in [-0.25, -0.2) is 4.98 Å². The van der Waals surface area contributed by atoms with E-state index in [0.29, 0.717) is 17.8 Å². The first-order valence-corrected chi connectivity index (χ1v) is 6.09. The zero-order valence-electron chi connectivity index (χ0n) is 10.5. The third-order valence-electron chi connectivity index (χ3n) is 2.79. The topological polar surface area (TPSA) is 68.9 Å². The lowest BCUT2D eigenvalue weighted by molar-refractivity contribution is 0.273. The quantitative estimate of drug-likeness (QED) is 0.854. The van der Waals surface area contributed by atoms with E-state index >= 15 is 0 Å². The molecule has 2 rings (SSSR count). The van der Waals surface area contributed by atoms with E-state index in [9.17, 15) is 5.11 Å². The van der Waals surface area contributed by atoms with Gasteiger partial charge in [-0.05, 0) is 24.1 Å². The van der Waals surface area contributed by atoms with Crippen LogP contribution in [0.5, 0.6) is 0 Å². The van der Waals surface area contributed by atoms with Crippen LogP contribution in [0.25, 0.3) is 0 Å². The minimum Gasteiger partial charge on any atom is -0.394 e. The summed E-state index contributed by atoms with van der Waals surface area (Å²) in [5.74, 6) is 0.606. The van der Waals surface area contributed by atoms with Crippen molar-refractivity contribution in [3.05, 3.63) is 59.8 Å². The van der Waals surface area contributed by atoms with Crippen LogP contribution in [0.2, 0.25) is 0 Å². The van der Waals surface area contributed by atoms with Crippen molar-refractivity contribution in [2.24, 2.45) is 0 Å². The van der Waals surface area contributed by atoms with Crippen LogP contribution >= 0.6 is 0 Å². The number of hydrogen-bond acceptors (Lipinski definition) is 4.